The number of anilines is 1. The molecule has 1 saturated heterocycles. The predicted octanol–water partition coefficient (Wildman–Crippen LogP) is 0.0801. The summed E-state index contributed by atoms with van der Waals surface area (Å²) >= 11 is 0. The molecule has 0 aliphatic carbocycles. The maximum Gasteiger partial charge on any atom is 0.330 e. The summed E-state index contributed by atoms with van der Waals surface area (Å²) < 4.78 is 1.49. The highest BCUT2D eigenvalue weighted by atomic mass is 16.6. The zero-order valence-electron chi connectivity index (χ0n) is 9.46. The van der Waals surface area contributed by atoms with Crippen LogP contribution in [-0.2, 0) is 7.05 Å². The summed E-state index contributed by atoms with van der Waals surface area (Å²) in [6, 6.07) is 0. The second kappa shape index (κ2) is 4.09. The normalized spacial score (nSPS) is 17.8. The number of aromatic nitrogens is 2. The van der Waals surface area contributed by atoms with Crippen LogP contribution in [0.2, 0.25) is 0 Å². The number of nitro groups is 1. The SMILES string of the molecule is CN1CCN(c2nn(C)cc2[N+](=O)[O-])CC1. The Labute approximate surface area is 93.4 Å². The first kappa shape index (κ1) is 10.9. The zero-order chi connectivity index (χ0) is 11.7. The molecule has 1 aromatic rings. The van der Waals surface area contributed by atoms with Crippen LogP contribution in [0.15, 0.2) is 6.20 Å². The Balaban J connectivity index is 2.22. The van der Waals surface area contributed by atoms with Gasteiger partial charge in [0.1, 0.15) is 6.20 Å². The van der Waals surface area contributed by atoms with E-state index in [4.69, 9.17) is 0 Å². The highest BCUT2D eigenvalue weighted by Crippen LogP contribution is 2.26. The standard InChI is InChI=1S/C9H15N5O2/c1-11-3-5-13(6-4-11)9-8(14(15)16)7-12(2)10-9/h7H,3-6H2,1-2H3. The Kier molecular flexibility index (Phi) is 2.78. The van der Waals surface area contributed by atoms with E-state index in [2.05, 4.69) is 10.00 Å². The van der Waals surface area contributed by atoms with E-state index in [1.165, 1.54) is 10.9 Å². The number of piperazine rings is 1. The molecule has 0 radical (unpaired) electrons. The van der Waals surface area contributed by atoms with E-state index in [-0.39, 0.29) is 10.6 Å². The maximum atomic E-state index is 10.9. The summed E-state index contributed by atoms with van der Waals surface area (Å²) in [6.07, 6.45) is 1.45. The Bertz CT molecular complexity index is 395. The lowest BCUT2D eigenvalue weighted by molar-refractivity contribution is -0.384. The quantitative estimate of drug-likeness (QED) is 0.526. The van der Waals surface area contributed by atoms with E-state index in [9.17, 15) is 10.1 Å². The van der Waals surface area contributed by atoms with E-state index in [0.29, 0.717) is 5.82 Å². The van der Waals surface area contributed by atoms with E-state index < -0.39 is 0 Å². The first-order valence-corrected chi connectivity index (χ1v) is 5.19. The van der Waals surface area contributed by atoms with Crippen molar-refractivity contribution in [2.24, 2.45) is 7.05 Å². The number of nitrogens with zero attached hydrogens (tertiary/aromatic N) is 5. The number of likely N-dealkylation sites (N-methyl/N-ethyl adjacent to an activating group) is 1. The molecule has 1 aliphatic heterocycles. The van der Waals surface area contributed by atoms with Gasteiger partial charge < -0.3 is 9.80 Å². The lowest BCUT2D eigenvalue weighted by atomic mass is 10.3. The molecule has 7 heteroatoms. The molecule has 2 rings (SSSR count). The molecule has 1 aliphatic rings. The summed E-state index contributed by atoms with van der Waals surface area (Å²) in [4.78, 5) is 14.7. The van der Waals surface area contributed by atoms with Gasteiger partial charge in [0.25, 0.3) is 0 Å². The topological polar surface area (TPSA) is 67.4 Å². The number of rotatable bonds is 2. The molecule has 0 aromatic carbocycles. The molecule has 0 N–H and O–H groups in total. The van der Waals surface area contributed by atoms with Gasteiger partial charge in [-0.3, -0.25) is 14.8 Å². The van der Waals surface area contributed by atoms with Crippen molar-refractivity contribution in [3.05, 3.63) is 16.3 Å². The fourth-order valence-corrected chi connectivity index (χ4v) is 1.84. The molecule has 0 unspecified atom stereocenters. The monoisotopic (exact) mass is 225 g/mol. The number of hydrogen-bond acceptors (Lipinski definition) is 5. The average Bonchev–Trinajstić information content (AvgIpc) is 2.61. The smallest absolute Gasteiger partial charge is 0.330 e. The fraction of sp³-hybridized carbons (Fsp3) is 0.667. The molecular formula is C9H15N5O2. The molecule has 0 bridgehead atoms. The Hall–Kier alpha value is -1.63. The van der Waals surface area contributed by atoms with Gasteiger partial charge in [0.05, 0.1) is 4.92 Å². The molecule has 0 atom stereocenters. The third-order valence-electron chi connectivity index (χ3n) is 2.79. The molecule has 2 heterocycles. The van der Waals surface area contributed by atoms with Crippen molar-refractivity contribution in [3.8, 4) is 0 Å². The van der Waals surface area contributed by atoms with Crippen LogP contribution in [-0.4, -0.2) is 52.8 Å². The predicted molar refractivity (Wildman–Crippen MR) is 59.6 cm³/mol. The lowest BCUT2D eigenvalue weighted by Gasteiger charge is -2.31. The third-order valence-corrected chi connectivity index (χ3v) is 2.79. The Morgan fingerprint density at radius 3 is 2.50 bits per heavy atom. The summed E-state index contributed by atoms with van der Waals surface area (Å²) in [7, 11) is 3.75. The third kappa shape index (κ3) is 1.99. The molecule has 1 aromatic heterocycles. The van der Waals surface area contributed by atoms with Gasteiger partial charge in [0.2, 0.25) is 5.82 Å². The van der Waals surface area contributed by atoms with Gasteiger partial charge in [-0.05, 0) is 7.05 Å². The molecule has 1 fully saturated rings. The molecule has 0 saturated carbocycles. The first-order valence-electron chi connectivity index (χ1n) is 5.19. The highest BCUT2D eigenvalue weighted by molar-refractivity contribution is 5.57. The minimum absolute atomic E-state index is 0.0899. The van der Waals surface area contributed by atoms with Crippen LogP contribution in [0, 0.1) is 10.1 Å². The average molecular weight is 225 g/mol. The largest absolute Gasteiger partial charge is 0.347 e. The highest BCUT2D eigenvalue weighted by Gasteiger charge is 2.25. The van der Waals surface area contributed by atoms with Crippen molar-refractivity contribution < 1.29 is 4.92 Å². The minimum atomic E-state index is -0.374. The van der Waals surface area contributed by atoms with Crippen molar-refractivity contribution >= 4 is 11.5 Å². The van der Waals surface area contributed by atoms with Gasteiger partial charge in [-0.1, -0.05) is 0 Å². The second-order valence-corrected chi connectivity index (χ2v) is 4.06. The van der Waals surface area contributed by atoms with E-state index in [1.54, 1.807) is 7.05 Å². The van der Waals surface area contributed by atoms with Gasteiger partial charge in [-0.2, -0.15) is 0 Å². The van der Waals surface area contributed by atoms with Gasteiger partial charge >= 0.3 is 5.69 Å². The molecule has 16 heavy (non-hydrogen) atoms. The van der Waals surface area contributed by atoms with Crippen LogP contribution >= 0.6 is 0 Å². The van der Waals surface area contributed by atoms with E-state index >= 15 is 0 Å². The van der Waals surface area contributed by atoms with Gasteiger partial charge in [-0.15, -0.1) is 5.10 Å². The number of hydrogen-bond donors (Lipinski definition) is 0. The van der Waals surface area contributed by atoms with E-state index in [0.717, 1.165) is 26.2 Å². The molecule has 0 spiro atoms. The van der Waals surface area contributed by atoms with Crippen LogP contribution in [0.25, 0.3) is 0 Å². The lowest BCUT2D eigenvalue weighted by Crippen LogP contribution is -2.44. The Morgan fingerprint density at radius 2 is 1.94 bits per heavy atom. The van der Waals surface area contributed by atoms with Gasteiger partial charge in [-0.25, -0.2) is 0 Å². The van der Waals surface area contributed by atoms with Crippen molar-refractivity contribution in [3.63, 3.8) is 0 Å². The van der Waals surface area contributed by atoms with Crippen LogP contribution in [0.4, 0.5) is 11.5 Å². The number of aryl methyl sites for hydroxylation is 1. The van der Waals surface area contributed by atoms with Crippen LogP contribution in [0.5, 0.6) is 0 Å². The molecule has 0 amide bonds. The van der Waals surface area contributed by atoms with Crippen LogP contribution in [0.3, 0.4) is 0 Å². The summed E-state index contributed by atoms with van der Waals surface area (Å²) in [5.41, 5.74) is 0.0899. The van der Waals surface area contributed by atoms with Gasteiger partial charge in [0, 0.05) is 33.2 Å². The first-order chi connectivity index (χ1) is 7.58. The van der Waals surface area contributed by atoms with Crippen molar-refractivity contribution in [1.29, 1.82) is 0 Å². The van der Waals surface area contributed by atoms with E-state index in [1.807, 2.05) is 11.9 Å². The van der Waals surface area contributed by atoms with Crippen molar-refractivity contribution in [2.45, 2.75) is 0 Å². The fourth-order valence-electron chi connectivity index (χ4n) is 1.84. The molecule has 88 valence electrons. The zero-order valence-corrected chi connectivity index (χ0v) is 9.46. The van der Waals surface area contributed by atoms with Crippen LogP contribution < -0.4 is 4.90 Å². The summed E-state index contributed by atoms with van der Waals surface area (Å²) in [5, 5.41) is 15.0. The Morgan fingerprint density at radius 1 is 1.31 bits per heavy atom. The molecular weight excluding hydrogens is 210 g/mol. The summed E-state index contributed by atoms with van der Waals surface area (Å²) in [6.45, 7) is 3.39. The van der Waals surface area contributed by atoms with Crippen molar-refractivity contribution in [2.75, 3.05) is 38.1 Å². The second-order valence-electron chi connectivity index (χ2n) is 4.06. The minimum Gasteiger partial charge on any atom is -0.347 e. The van der Waals surface area contributed by atoms with Crippen LogP contribution in [0.1, 0.15) is 0 Å². The van der Waals surface area contributed by atoms with Crippen molar-refractivity contribution in [1.82, 2.24) is 14.7 Å². The molecule has 7 nitrogen and oxygen atoms in total. The maximum absolute atomic E-state index is 10.9. The van der Waals surface area contributed by atoms with Gasteiger partial charge in [0.15, 0.2) is 0 Å². The summed E-state index contributed by atoms with van der Waals surface area (Å²) in [5.74, 6) is 0.487.